The van der Waals surface area contributed by atoms with Crippen molar-refractivity contribution >= 4 is 17.3 Å². The van der Waals surface area contributed by atoms with Crippen LogP contribution < -0.4 is 4.74 Å². The predicted octanol–water partition coefficient (Wildman–Crippen LogP) is 6.00. The SMILES string of the molecule is Fc1ccc(C2=NN3[C@@H](C2)c2cc(Cl)ccc2O[C@H]3c2ccc(F)c(F)c2)cc1. The summed E-state index contributed by atoms with van der Waals surface area (Å²) in [6.45, 7) is 0. The second kappa shape index (κ2) is 6.81. The Labute approximate surface area is 170 Å². The molecule has 0 unspecified atom stereocenters. The number of ether oxygens (including phenoxy) is 1. The smallest absolute Gasteiger partial charge is 0.213 e. The summed E-state index contributed by atoms with van der Waals surface area (Å²) in [4.78, 5) is 0. The zero-order valence-electron chi connectivity index (χ0n) is 14.9. The molecule has 7 heteroatoms. The molecule has 0 saturated carbocycles. The Morgan fingerprint density at radius 3 is 2.48 bits per heavy atom. The highest BCUT2D eigenvalue weighted by Gasteiger charge is 2.41. The summed E-state index contributed by atoms with van der Waals surface area (Å²) in [6.07, 6.45) is -0.190. The summed E-state index contributed by atoms with van der Waals surface area (Å²) in [6, 6.07) is 14.9. The lowest BCUT2D eigenvalue weighted by atomic mass is 9.96. The van der Waals surface area contributed by atoms with E-state index in [0.717, 1.165) is 29.0 Å². The molecule has 2 heterocycles. The first-order valence-electron chi connectivity index (χ1n) is 9.02. The van der Waals surface area contributed by atoms with E-state index in [0.29, 0.717) is 22.8 Å². The van der Waals surface area contributed by atoms with Gasteiger partial charge in [0.15, 0.2) is 11.6 Å². The second-order valence-corrected chi connectivity index (χ2v) is 7.42. The molecule has 2 aliphatic rings. The van der Waals surface area contributed by atoms with Gasteiger partial charge in [0.1, 0.15) is 11.6 Å². The van der Waals surface area contributed by atoms with Gasteiger partial charge in [-0.1, -0.05) is 29.8 Å². The zero-order valence-corrected chi connectivity index (χ0v) is 15.7. The first-order valence-corrected chi connectivity index (χ1v) is 9.40. The molecule has 146 valence electrons. The van der Waals surface area contributed by atoms with Gasteiger partial charge in [-0.25, -0.2) is 18.2 Å². The Hall–Kier alpha value is -2.99. The molecule has 0 spiro atoms. The van der Waals surface area contributed by atoms with Crippen molar-refractivity contribution in [1.29, 1.82) is 0 Å². The fraction of sp³-hybridized carbons (Fsp3) is 0.136. The fourth-order valence-corrected chi connectivity index (χ4v) is 3.94. The number of hydrogen-bond acceptors (Lipinski definition) is 3. The third kappa shape index (κ3) is 3.13. The summed E-state index contributed by atoms with van der Waals surface area (Å²) in [5, 5.41) is 6.98. The van der Waals surface area contributed by atoms with Crippen molar-refractivity contribution in [3.05, 3.63) is 99.8 Å². The number of rotatable bonds is 2. The Morgan fingerprint density at radius 2 is 1.72 bits per heavy atom. The Balaban J connectivity index is 1.61. The minimum Gasteiger partial charge on any atom is -0.464 e. The lowest BCUT2D eigenvalue weighted by molar-refractivity contribution is -0.0192. The molecule has 3 nitrogen and oxygen atoms in total. The van der Waals surface area contributed by atoms with Gasteiger partial charge in [-0.05, 0) is 48.0 Å². The van der Waals surface area contributed by atoms with Gasteiger partial charge < -0.3 is 4.74 Å². The molecule has 0 bridgehead atoms. The van der Waals surface area contributed by atoms with Gasteiger partial charge in [0.2, 0.25) is 6.23 Å². The van der Waals surface area contributed by atoms with Crippen LogP contribution in [0.3, 0.4) is 0 Å². The van der Waals surface area contributed by atoms with Crippen LogP contribution in [0, 0.1) is 17.5 Å². The summed E-state index contributed by atoms with van der Waals surface area (Å²) in [5.41, 5.74) is 2.84. The highest BCUT2D eigenvalue weighted by molar-refractivity contribution is 6.30. The molecule has 0 radical (unpaired) electrons. The van der Waals surface area contributed by atoms with Gasteiger partial charge in [0.25, 0.3) is 0 Å². The lowest BCUT2D eigenvalue weighted by Crippen LogP contribution is -2.33. The fourth-order valence-electron chi connectivity index (χ4n) is 3.76. The second-order valence-electron chi connectivity index (χ2n) is 6.98. The van der Waals surface area contributed by atoms with E-state index in [2.05, 4.69) is 0 Å². The maximum absolute atomic E-state index is 13.9. The highest BCUT2D eigenvalue weighted by atomic mass is 35.5. The van der Waals surface area contributed by atoms with Gasteiger partial charge in [0.05, 0.1) is 11.8 Å². The molecule has 0 fully saturated rings. The van der Waals surface area contributed by atoms with Crippen molar-refractivity contribution < 1.29 is 17.9 Å². The molecular formula is C22H14ClF3N2O. The van der Waals surface area contributed by atoms with Crippen LogP contribution in [0.4, 0.5) is 13.2 Å². The normalized spacial score (nSPS) is 20.0. The number of hydrogen-bond donors (Lipinski definition) is 0. The number of hydrazone groups is 1. The van der Waals surface area contributed by atoms with Crippen LogP contribution in [0.15, 0.2) is 65.8 Å². The molecule has 0 aromatic heterocycles. The topological polar surface area (TPSA) is 24.8 Å². The maximum atomic E-state index is 13.9. The quantitative estimate of drug-likeness (QED) is 0.513. The predicted molar refractivity (Wildman–Crippen MR) is 103 cm³/mol. The number of nitrogens with zero attached hydrogens (tertiary/aromatic N) is 2. The van der Waals surface area contributed by atoms with Crippen molar-refractivity contribution in [2.24, 2.45) is 5.10 Å². The van der Waals surface area contributed by atoms with Crippen LogP contribution in [-0.4, -0.2) is 10.7 Å². The minimum atomic E-state index is -0.952. The molecule has 0 saturated heterocycles. The average molecular weight is 415 g/mol. The van der Waals surface area contributed by atoms with Crippen LogP contribution in [0.25, 0.3) is 0 Å². The first-order chi connectivity index (χ1) is 14.0. The van der Waals surface area contributed by atoms with E-state index < -0.39 is 17.9 Å². The first kappa shape index (κ1) is 18.1. The van der Waals surface area contributed by atoms with Gasteiger partial charge in [-0.2, -0.15) is 5.10 Å². The maximum Gasteiger partial charge on any atom is 0.213 e. The Bertz CT molecular complexity index is 1130. The summed E-state index contributed by atoms with van der Waals surface area (Å²) >= 11 is 6.19. The molecule has 0 amide bonds. The van der Waals surface area contributed by atoms with Gasteiger partial charge in [-0.3, -0.25) is 0 Å². The van der Waals surface area contributed by atoms with E-state index in [-0.39, 0.29) is 11.9 Å². The monoisotopic (exact) mass is 414 g/mol. The lowest BCUT2D eigenvalue weighted by Gasteiger charge is -2.38. The van der Waals surface area contributed by atoms with E-state index >= 15 is 0 Å². The minimum absolute atomic E-state index is 0.199. The van der Waals surface area contributed by atoms with E-state index in [1.165, 1.54) is 18.2 Å². The molecule has 3 aromatic carbocycles. The standard InChI is InChI=1S/C22H14ClF3N2O/c23-14-4-8-21-16(10-14)20-11-19(12-1-5-15(24)6-2-12)27-28(20)22(29-21)13-3-7-17(25)18(26)9-13/h1-10,20,22H,11H2/t20-,22-/m0/s1. The molecule has 0 aliphatic carbocycles. The van der Waals surface area contributed by atoms with Crippen molar-refractivity contribution in [2.45, 2.75) is 18.7 Å². The molecule has 5 rings (SSSR count). The van der Waals surface area contributed by atoms with E-state index in [1.807, 2.05) is 6.07 Å². The van der Waals surface area contributed by atoms with Crippen LogP contribution in [0.5, 0.6) is 5.75 Å². The van der Waals surface area contributed by atoms with Crippen molar-refractivity contribution in [2.75, 3.05) is 0 Å². The van der Waals surface area contributed by atoms with Crippen molar-refractivity contribution in [3.8, 4) is 5.75 Å². The summed E-state index contributed by atoms with van der Waals surface area (Å²) < 4.78 is 46.7. The van der Waals surface area contributed by atoms with Crippen molar-refractivity contribution in [3.63, 3.8) is 0 Å². The number of halogens is 4. The number of fused-ring (bicyclic) bond motifs is 3. The Morgan fingerprint density at radius 1 is 0.931 bits per heavy atom. The molecule has 0 N–H and O–H groups in total. The third-order valence-corrected chi connectivity index (χ3v) is 5.39. The van der Waals surface area contributed by atoms with Gasteiger partial charge in [0, 0.05) is 22.6 Å². The molecular weight excluding hydrogens is 401 g/mol. The third-order valence-electron chi connectivity index (χ3n) is 5.16. The van der Waals surface area contributed by atoms with E-state index in [1.54, 1.807) is 29.3 Å². The van der Waals surface area contributed by atoms with Crippen LogP contribution in [-0.2, 0) is 0 Å². The van der Waals surface area contributed by atoms with Gasteiger partial charge >= 0.3 is 0 Å². The van der Waals surface area contributed by atoms with Gasteiger partial charge in [-0.15, -0.1) is 0 Å². The van der Waals surface area contributed by atoms with Crippen LogP contribution in [0.1, 0.15) is 35.4 Å². The highest BCUT2D eigenvalue weighted by Crippen LogP contribution is 2.48. The van der Waals surface area contributed by atoms with E-state index in [4.69, 9.17) is 21.4 Å². The molecule has 3 aromatic rings. The average Bonchev–Trinajstić information content (AvgIpc) is 3.16. The summed E-state index contributed by atoms with van der Waals surface area (Å²) in [5.74, 6) is -1.59. The largest absolute Gasteiger partial charge is 0.464 e. The van der Waals surface area contributed by atoms with Crippen LogP contribution in [0.2, 0.25) is 5.02 Å². The van der Waals surface area contributed by atoms with E-state index in [9.17, 15) is 13.2 Å². The van der Waals surface area contributed by atoms with Crippen LogP contribution >= 0.6 is 11.6 Å². The Kier molecular flexibility index (Phi) is 4.24. The number of benzene rings is 3. The molecule has 29 heavy (non-hydrogen) atoms. The zero-order chi connectivity index (χ0) is 20.1. The molecule has 2 aliphatic heterocycles. The molecule has 2 atom stereocenters. The van der Waals surface area contributed by atoms with Crippen molar-refractivity contribution in [1.82, 2.24) is 5.01 Å². The summed E-state index contributed by atoms with van der Waals surface area (Å²) in [7, 11) is 0.